The highest BCUT2D eigenvalue weighted by atomic mass is 16.5. The Labute approximate surface area is 181 Å². The smallest absolute Gasteiger partial charge is 0.244 e. The Kier molecular flexibility index (Phi) is 6.30. The van der Waals surface area contributed by atoms with Crippen molar-refractivity contribution >= 4 is 0 Å². The van der Waals surface area contributed by atoms with Crippen LogP contribution in [-0.4, -0.2) is 56.3 Å². The highest BCUT2D eigenvalue weighted by Crippen LogP contribution is 2.44. The van der Waals surface area contributed by atoms with Gasteiger partial charge in [-0.15, -0.1) is 5.10 Å². The maximum absolute atomic E-state index is 9.75. The van der Waals surface area contributed by atoms with Crippen molar-refractivity contribution in [3.05, 3.63) is 46.5 Å². The summed E-state index contributed by atoms with van der Waals surface area (Å²) in [6.07, 6.45) is 0. The molecule has 1 aromatic heterocycles. The predicted octanol–water partition coefficient (Wildman–Crippen LogP) is 0.629. The Morgan fingerprint density at radius 1 is 1.29 bits per heavy atom. The molecule has 2 aromatic rings. The average molecular weight is 426 g/mol. The van der Waals surface area contributed by atoms with E-state index in [1.165, 1.54) is 4.90 Å². The summed E-state index contributed by atoms with van der Waals surface area (Å²) in [6.45, 7) is 9.43. The van der Waals surface area contributed by atoms with E-state index in [9.17, 15) is 5.26 Å². The molecule has 0 saturated carbocycles. The highest BCUT2D eigenvalue weighted by Gasteiger charge is 2.34. The van der Waals surface area contributed by atoms with Crippen molar-refractivity contribution in [2.24, 2.45) is 5.73 Å². The number of nitrogens with zero attached hydrogens (tertiary/aromatic N) is 2. The van der Waals surface area contributed by atoms with Gasteiger partial charge in [0, 0.05) is 11.3 Å². The van der Waals surface area contributed by atoms with E-state index in [2.05, 4.69) is 16.3 Å². The van der Waals surface area contributed by atoms with Gasteiger partial charge in [0.2, 0.25) is 11.8 Å². The molecule has 9 nitrogen and oxygen atoms in total. The fourth-order valence-electron chi connectivity index (χ4n) is 4.04. The van der Waals surface area contributed by atoms with Crippen LogP contribution in [0.4, 0.5) is 0 Å². The lowest BCUT2D eigenvalue weighted by atomic mass is 9.84. The molecule has 9 heteroatoms. The van der Waals surface area contributed by atoms with Crippen molar-refractivity contribution in [1.82, 2.24) is 10.2 Å². The molecule has 164 valence electrons. The van der Waals surface area contributed by atoms with E-state index in [-0.39, 0.29) is 5.88 Å². The lowest BCUT2D eigenvalue weighted by Gasteiger charge is -2.25. The van der Waals surface area contributed by atoms with Crippen LogP contribution < -0.4 is 24.8 Å². The number of aryl methyl sites for hydroxylation is 1. The Morgan fingerprint density at radius 2 is 2.10 bits per heavy atom. The van der Waals surface area contributed by atoms with Crippen molar-refractivity contribution in [1.29, 1.82) is 5.26 Å². The zero-order chi connectivity index (χ0) is 21.8. The summed E-state index contributed by atoms with van der Waals surface area (Å²) in [5, 5.41) is 16.8. The first-order valence-corrected chi connectivity index (χ1v) is 10.6. The van der Waals surface area contributed by atoms with Crippen molar-refractivity contribution in [3.8, 4) is 23.4 Å². The van der Waals surface area contributed by atoms with E-state index in [4.69, 9.17) is 24.7 Å². The molecule has 0 aliphatic carbocycles. The molecule has 0 amide bonds. The van der Waals surface area contributed by atoms with Crippen molar-refractivity contribution < 1.29 is 23.8 Å². The predicted molar refractivity (Wildman–Crippen MR) is 112 cm³/mol. The van der Waals surface area contributed by atoms with Crippen LogP contribution in [0.25, 0.3) is 0 Å². The van der Waals surface area contributed by atoms with Gasteiger partial charge in [-0.25, -0.2) is 0 Å². The minimum absolute atomic E-state index is 0.0678. The minimum Gasteiger partial charge on any atom is -0.490 e. The number of benzene rings is 1. The molecule has 0 unspecified atom stereocenters. The standard InChI is InChI=1S/C22H27N5O4/c1-3-29-18-12-15(4-5-17(18)30-11-8-27-6-9-28-10-7-27)20-16(13-23)21(24)31-22-19(20)14(2)25-26-22/h4-5,12,20H,3,6-11,24H2,1-2H3,(H,25,26)/p+1/t20-/m0/s1. The number of hydrogen-bond acceptors (Lipinski definition) is 7. The van der Waals surface area contributed by atoms with Gasteiger partial charge in [-0.3, -0.25) is 5.10 Å². The Hall–Kier alpha value is -3.22. The second kappa shape index (κ2) is 9.29. The summed E-state index contributed by atoms with van der Waals surface area (Å²) in [5.41, 5.74) is 8.86. The van der Waals surface area contributed by atoms with Gasteiger partial charge in [0.05, 0.1) is 25.7 Å². The van der Waals surface area contributed by atoms with Gasteiger partial charge in [-0.2, -0.15) is 5.26 Å². The van der Waals surface area contributed by atoms with E-state index in [0.717, 1.165) is 49.7 Å². The van der Waals surface area contributed by atoms with Crippen molar-refractivity contribution in [2.75, 3.05) is 46.1 Å². The van der Waals surface area contributed by atoms with Gasteiger partial charge >= 0.3 is 0 Å². The maximum atomic E-state index is 9.75. The fraction of sp³-hybridized carbons (Fsp3) is 0.455. The molecule has 0 radical (unpaired) electrons. The van der Waals surface area contributed by atoms with Crippen LogP contribution in [0.2, 0.25) is 0 Å². The quantitative estimate of drug-likeness (QED) is 0.594. The van der Waals surface area contributed by atoms with Gasteiger partial charge in [-0.05, 0) is 31.5 Å². The third-order valence-electron chi connectivity index (χ3n) is 5.64. The first-order valence-electron chi connectivity index (χ1n) is 10.6. The minimum atomic E-state index is -0.390. The molecule has 1 atom stereocenters. The number of rotatable bonds is 7. The molecule has 1 saturated heterocycles. The van der Waals surface area contributed by atoms with Crippen LogP contribution in [-0.2, 0) is 4.74 Å². The van der Waals surface area contributed by atoms with E-state index in [0.29, 0.717) is 36.2 Å². The van der Waals surface area contributed by atoms with Gasteiger partial charge < -0.3 is 29.6 Å². The van der Waals surface area contributed by atoms with E-state index < -0.39 is 5.92 Å². The third-order valence-corrected chi connectivity index (χ3v) is 5.64. The number of allylic oxidation sites excluding steroid dienone is 1. The molecule has 1 aromatic carbocycles. The number of aromatic nitrogens is 2. The molecule has 0 bridgehead atoms. The topological polar surface area (TPSA) is 120 Å². The number of nitrogens with two attached hydrogens (primary N) is 1. The molecule has 2 aliphatic rings. The van der Waals surface area contributed by atoms with E-state index in [1.54, 1.807) is 0 Å². The lowest BCUT2D eigenvalue weighted by Crippen LogP contribution is -3.14. The Morgan fingerprint density at radius 3 is 2.84 bits per heavy atom. The molecular formula is C22H28N5O4+. The number of fused-ring (bicyclic) bond motifs is 1. The third kappa shape index (κ3) is 4.31. The number of aromatic amines is 1. The number of nitrogens with one attached hydrogen (secondary N) is 2. The number of H-pyrrole nitrogens is 1. The summed E-state index contributed by atoms with van der Waals surface area (Å²) < 4.78 is 22.9. The summed E-state index contributed by atoms with van der Waals surface area (Å²) >= 11 is 0. The second-order valence-corrected chi connectivity index (χ2v) is 7.59. The van der Waals surface area contributed by atoms with Crippen LogP contribution >= 0.6 is 0 Å². The summed E-state index contributed by atoms with van der Waals surface area (Å²) in [5.74, 6) is 1.40. The maximum Gasteiger partial charge on any atom is 0.244 e. The second-order valence-electron chi connectivity index (χ2n) is 7.59. The first kappa shape index (κ1) is 21.0. The monoisotopic (exact) mass is 426 g/mol. The SMILES string of the molecule is CCOc1cc([C@H]2C(C#N)=C(N)Oc3n[nH]c(C)c32)ccc1OCC[NH+]1CCOCC1. The number of quaternary nitrogens is 1. The zero-order valence-corrected chi connectivity index (χ0v) is 17.9. The number of morpholine rings is 1. The molecule has 31 heavy (non-hydrogen) atoms. The van der Waals surface area contributed by atoms with Crippen molar-refractivity contribution in [3.63, 3.8) is 0 Å². The number of hydrogen-bond donors (Lipinski definition) is 3. The largest absolute Gasteiger partial charge is 0.490 e. The molecule has 0 spiro atoms. The zero-order valence-electron chi connectivity index (χ0n) is 17.9. The van der Waals surface area contributed by atoms with Gasteiger partial charge in [0.25, 0.3) is 0 Å². The lowest BCUT2D eigenvalue weighted by molar-refractivity contribution is -0.908. The normalized spacial score (nSPS) is 18.8. The molecule has 4 rings (SSSR count). The summed E-state index contributed by atoms with van der Waals surface area (Å²) in [7, 11) is 0. The van der Waals surface area contributed by atoms with Gasteiger partial charge in [0.1, 0.15) is 37.9 Å². The molecule has 1 fully saturated rings. The number of nitriles is 1. The Bertz CT molecular complexity index is 1000. The van der Waals surface area contributed by atoms with E-state index in [1.807, 2.05) is 32.0 Å². The average Bonchev–Trinajstić information content (AvgIpc) is 3.14. The van der Waals surface area contributed by atoms with Crippen LogP contribution in [0.1, 0.15) is 29.7 Å². The molecule has 4 N–H and O–H groups in total. The molecular weight excluding hydrogens is 398 g/mol. The van der Waals surface area contributed by atoms with Crippen LogP contribution in [0.3, 0.4) is 0 Å². The number of ether oxygens (including phenoxy) is 4. The van der Waals surface area contributed by atoms with Crippen LogP contribution in [0, 0.1) is 18.3 Å². The summed E-state index contributed by atoms with van der Waals surface area (Å²) in [4.78, 5) is 1.48. The first-order chi connectivity index (χ1) is 15.1. The van der Waals surface area contributed by atoms with Crippen LogP contribution in [0.15, 0.2) is 29.7 Å². The van der Waals surface area contributed by atoms with Crippen LogP contribution in [0.5, 0.6) is 17.4 Å². The summed E-state index contributed by atoms with van der Waals surface area (Å²) in [6, 6.07) is 7.95. The Balaban J connectivity index is 1.59. The fourth-order valence-corrected chi connectivity index (χ4v) is 4.04. The molecule has 2 aliphatic heterocycles. The van der Waals surface area contributed by atoms with Gasteiger partial charge in [0.15, 0.2) is 11.5 Å². The molecule has 3 heterocycles. The van der Waals surface area contributed by atoms with Gasteiger partial charge in [-0.1, -0.05) is 6.07 Å². The highest BCUT2D eigenvalue weighted by molar-refractivity contribution is 5.57. The van der Waals surface area contributed by atoms with Crippen molar-refractivity contribution in [2.45, 2.75) is 19.8 Å². The van der Waals surface area contributed by atoms with E-state index >= 15 is 0 Å².